The van der Waals surface area contributed by atoms with Crippen LogP contribution in [0.4, 0.5) is 13.2 Å². The molecule has 0 aromatic heterocycles. The Bertz CT molecular complexity index is 902. The van der Waals surface area contributed by atoms with Gasteiger partial charge in [-0.1, -0.05) is 6.07 Å². The molecule has 148 valence electrons. The van der Waals surface area contributed by atoms with Gasteiger partial charge in [-0.05, 0) is 60.8 Å². The summed E-state index contributed by atoms with van der Waals surface area (Å²) >= 11 is 0. The highest BCUT2D eigenvalue weighted by molar-refractivity contribution is 7.87. The van der Waals surface area contributed by atoms with Gasteiger partial charge in [0.05, 0.1) is 11.1 Å². The number of rotatable bonds is 2. The molecule has 1 aliphatic heterocycles. The molecule has 27 heavy (non-hydrogen) atoms. The third kappa shape index (κ3) is 3.13. The molecule has 0 amide bonds. The summed E-state index contributed by atoms with van der Waals surface area (Å²) in [5, 5.41) is 9.20. The lowest BCUT2D eigenvalue weighted by Gasteiger charge is -2.33. The van der Waals surface area contributed by atoms with Crippen molar-refractivity contribution in [2.24, 2.45) is 11.8 Å². The summed E-state index contributed by atoms with van der Waals surface area (Å²) in [6.07, 6.45) is -2.20. The van der Waals surface area contributed by atoms with Crippen LogP contribution in [-0.4, -0.2) is 48.6 Å². The highest BCUT2D eigenvalue weighted by atomic mass is 32.2. The third-order valence-corrected chi connectivity index (χ3v) is 7.74. The number of nitrogens with one attached hydrogen (secondary N) is 1. The first-order valence-corrected chi connectivity index (χ1v) is 10.1. The topological polar surface area (TPSA) is 86.7 Å². The highest BCUT2D eigenvalue weighted by Crippen LogP contribution is 2.50. The molecule has 2 N–H and O–H groups in total. The lowest BCUT2D eigenvalue weighted by Crippen LogP contribution is -2.52. The molecular formula is C17H19F3N2O4S. The molecule has 3 aliphatic rings. The van der Waals surface area contributed by atoms with Crippen LogP contribution in [0.2, 0.25) is 0 Å². The Morgan fingerprint density at radius 1 is 1.22 bits per heavy atom. The minimum absolute atomic E-state index is 0.118. The molecule has 4 rings (SSSR count). The Labute approximate surface area is 154 Å². The SMILES string of the molecule is O=C(O)c1ccc2c(c1)C[C@H]1CC[C@@H](C2)[C@]12CN(CC(F)(F)F)S(=O)(=O)N2. The summed E-state index contributed by atoms with van der Waals surface area (Å²) in [6.45, 7) is -1.70. The second-order valence-corrected chi connectivity index (χ2v) is 9.37. The van der Waals surface area contributed by atoms with Crippen molar-refractivity contribution >= 4 is 16.2 Å². The fraction of sp³-hybridized carbons (Fsp3) is 0.588. The lowest BCUT2D eigenvalue weighted by molar-refractivity contribution is -0.136. The van der Waals surface area contributed by atoms with Gasteiger partial charge in [0.1, 0.15) is 6.54 Å². The zero-order valence-corrected chi connectivity index (χ0v) is 15.1. The molecule has 2 fully saturated rings. The number of hydrogen-bond acceptors (Lipinski definition) is 3. The predicted octanol–water partition coefficient (Wildman–Crippen LogP) is 1.96. The normalized spacial score (nSPS) is 32.4. The van der Waals surface area contributed by atoms with Crippen LogP contribution in [0.15, 0.2) is 18.2 Å². The van der Waals surface area contributed by atoms with E-state index in [2.05, 4.69) is 4.72 Å². The minimum Gasteiger partial charge on any atom is -0.478 e. The van der Waals surface area contributed by atoms with Gasteiger partial charge >= 0.3 is 12.1 Å². The van der Waals surface area contributed by atoms with Crippen molar-refractivity contribution in [1.82, 2.24) is 9.03 Å². The standard InChI is InChI=1S/C17H19F3N2O4S/c18-17(19,20)9-22-8-16(21-27(22,25)26)13-3-4-14(16)7-12-5-11(15(23)24)2-1-10(12)6-13/h1-2,5,13-14,21H,3-4,6-9H2,(H,23,24)/t13-,14+,16+/m0/s1. The van der Waals surface area contributed by atoms with Crippen LogP contribution >= 0.6 is 0 Å². The minimum atomic E-state index is -4.61. The summed E-state index contributed by atoms with van der Waals surface area (Å²) < 4.78 is 66.4. The first kappa shape index (κ1) is 18.7. The molecule has 1 saturated heterocycles. The Hall–Kier alpha value is -1.65. The van der Waals surface area contributed by atoms with Crippen LogP contribution < -0.4 is 4.72 Å². The molecule has 1 spiro atoms. The quantitative estimate of drug-likeness (QED) is 0.789. The Morgan fingerprint density at radius 2 is 1.85 bits per heavy atom. The maximum absolute atomic E-state index is 12.8. The molecule has 1 aromatic rings. The van der Waals surface area contributed by atoms with E-state index >= 15 is 0 Å². The Balaban J connectivity index is 1.69. The monoisotopic (exact) mass is 404 g/mol. The Kier molecular flexibility index (Phi) is 4.10. The van der Waals surface area contributed by atoms with E-state index in [0.717, 1.165) is 17.5 Å². The van der Waals surface area contributed by atoms with E-state index < -0.39 is 34.4 Å². The van der Waals surface area contributed by atoms with Crippen LogP contribution in [0.5, 0.6) is 0 Å². The molecule has 0 radical (unpaired) electrons. The number of halogens is 3. The smallest absolute Gasteiger partial charge is 0.402 e. The summed E-state index contributed by atoms with van der Waals surface area (Å²) in [7, 11) is -4.21. The van der Waals surface area contributed by atoms with E-state index in [0.29, 0.717) is 23.6 Å². The van der Waals surface area contributed by atoms with Crippen LogP contribution in [0, 0.1) is 11.8 Å². The first-order chi connectivity index (χ1) is 12.5. The van der Waals surface area contributed by atoms with E-state index in [1.54, 1.807) is 12.1 Å². The average molecular weight is 404 g/mol. The number of alkyl halides is 3. The van der Waals surface area contributed by atoms with Crippen LogP contribution in [0.25, 0.3) is 0 Å². The van der Waals surface area contributed by atoms with Gasteiger partial charge in [-0.15, -0.1) is 0 Å². The van der Waals surface area contributed by atoms with Crippen molar-refractivity contribution in [3.8, 4) is 0 Å². The molecule has 6 nitrogen and oxygen atoms in total. The first-order valence-electron chi connectivity index (χ1n) is 8.71. The van der Waals surface area contributed by atoms with Crippen molar-refractivity contribution in [3.63, 3.8) is 0 Å². The lowest BCUT2D eigenvalue weighted by atomic mass is 9.79. The van der Waals surface area contributed by atoms with E-state index in [1.807, 2.05) is 0 Å². The van der Waals surface area contributed by atoms with E-state index in [9.17, 15) is 31.5 Å². The second-order valence-electron chi connectivity index (χ2n) is 7.70. The van der Waals surface area contributed by atoms with Gasteiger partial charge in [0.2, 0.25) is 0 Å². The number of carboxylic acid groups (broad SMARTS) is 1. The number of hydrogen-bond donors (Lipinski definition) is 2. The van der Waals surface area contributed by atoms with Gasteiger partial charge in [0.15, 0.2) is 0 Å². The predicted molar refractivity (Wildman–Crippen MR) is 89.4 cm³/mol. The van der Waals surface area contributed by atoms with Crippen molar-refractivity contribution < 1.29 is 31.5 Å². The fourth-order valence-electron chi connectivity index (χ4n) is 4.98. The number of nitrogens with zero attached hydrogens (tertiary/aromatic N) is 1. The summed E-state index contributed by atoms with van der Waals surface area (Å²) in [4.78, 5) is 11.2. The van der Waals surface area contributed by atoms with E-state index in [4.69, 9.17) is 0 Å². The van der Waals surface area contributed by atoms with Gasteiger partial charge < -0.3 is 5.11 Å². The maximum Gasteiger partial charge on any atom is 0.402 e. The van der Waals surface area contributed by atoms with Crippen LogP contribution in [-0.2, 0) is 23.1 Å². The zero-order chi connectivity index (χ0) is 19.6. The van der Waals surface area contributed by atoms with Crippen molar-refractivity contribution in [3.05, 3.63) is 34.9 Å². The molecule has 1 saturated carbocycles. The number of aromatic carboxylic acids is 1. The molecule has 10 heteroatoms. The van der Waals surface area contributed by atoms with Gasteiger partial charge in [0, 0.05) is 6.54 Å². The summed E-state index contributed by atoms with van der Waals surface area (Å²) in [5.41, 5.74) is 1.01. The maximum atomic E-state index is 12.8. The largest absolute Gasteiger partial charge is 0.478 e. The molecule has 1 aromatic carbocycles. The van der Waals surface area contributed by atoms with Gasteiger partial charge in [0.25, 0.3) is 10.2 Å². The summed E-state index contributed by atoms with van der Waals surface area (Å²) in [6, 6.07) is 4.86. The van der Waals surface area contributed by atoms with E-state index in [1.165, 1.54) is 6.07 Å². The van der Waals surface area contributed by atoms with Gasteiger partial charge in [-0.3, -0.25) is 0 Å². The van der Waals surface area contributed by atoms with Gasteiger partial charge in [-0.2, -0.15) is 30.6 Å². The molecule has 3 atom stereocenters. The van der Waals surface area contributed by atoms with Crippen LogP contribution in [0.3, 0.4) is 0 Å². The number of carbonyl (C=O) groups is 1. The molecule has 2 aliphatic carbocycles. The molecule has 2 bridgehead atoms. The third-order valence-electron chi connectivity index (χ3n) is 6.16. The van der Waals surface area contributed by atoms with Crippen molar-refractivity contribution in [2.75, 3.05) is 13.1 Å². The highest BCUT2D eigenvalue weighted by Gasteiger charge is 2.60. The van der Waals surface area contributed by atoms with Crippen molar-refractivity contribution in [2.45, 2.75) is 37.4 Å². The van der Waals surface area contributed by atoms with E-state index in [-0.39, 0.29) is 23.9 Å². The van der Waals surface area contributed by atoms with Crippen molar-refractivity contribution in [1.29, 1.82) is 0 Å². The van der Waals surface area contributed by atoms with Crippen LogP contribution in [0.1, 0.15) is 34.3 Å². The number of fused-ring (bicyclic) bond motifs is 1. The number of carboxylic acids is 1. The molecule has 1 heterocycles. The Morgan fingerprint density at radius 3 is 2.44 bits per heavy atom. The fourth-order valence-corrected chi connectivity index (χ4v) is 6.68. The average Bonchev–Trinajstić information content (AvgIpc) is 2.90. The molecular weight excluding hydrogens is 385 g/mol. The zero-order valence-electron chi connectivity index (χ0n) is 14.3. The molecule has 0 unspecified atom stereocenters. The number of benzene rings is 1. The second kappa shape index (κ2) is 5.92. The van der Waals surface area contributed by atoms with Gasteiger partial charge in [-0.25, -0.2) is 4.79 Å². The summed E-state index contributed by atoms with van der Waals surface area (Å²) in [5.74, 6) is -1.33.